The normalized spacial score (nSPS) is 35.1. The van der Waals surface area contributed by atoms with Gasteiger partial charge in [0.25, 0.3) is 0 Å². The van der Waals surface area contributed by atoms with Crippen LogP contribution in [0.25, 0.3) is 0 Å². The van der Waals surface area contributed by atoms with Gasteiger partial charge in [0, 0.05) is 10.5 Å². The maximum absolute atomic E-state index is 6.17. The standard InChI is InChI=1S/C17H32O2S/c1-7-9-17(5,6)15-13-12(18-10-11-19-13)14(20-15)16(3,4)8-2/h12-15H,7-11H2,1-6H3. The number of fused-ring (bicyclic) bond motifs is 1. The molecule has 0 aromatic rings. The van der Waals surface area contributed by atoms with Crippen LogP contribution in [0.5, 0.6) is 0 Å². The molecule has 0 N–H and O–H groups in total. The lowest BCUT2D eigenvalue weighted by Gasteiger charge is -2.38. The monoisotopic (exact) mass is 300 g/mol. The van der Waals surface area contributed by atoms with E-state index in [-0.39, 0.29) is 12.2 Å². The van der Waals surface area contributed by atoms with Crippen molar-refractivity contribution in [2.24, 2.45) is 10.8 Å². The van der Waals surface area contributed by atoms with Crippen molar-refractivity contribution in [2.45, 2.75) is 83.5 Å². The van der Waals surface area contributed by atoms with E-state index in [1.165, 1.54) is 19.3 Å². The molecular formula is C17H32O2S. The van der Waals surface area contributed by atoms with Crippen LogP contribution in [-0.4, -0.2) is 35.9 Å². The predicted molar refractivity (Wildman–Crippen MR) is 87.4 cm³/mol. The summed E-state index contributed by atoms with van der Waals surface area (Å²) in [6.07, 6.45) is 4.26. The van der Waals surface area contributed by atoms with Crippen molar-refractivity contribution >= 4 is 11.8 Å². The van der Waals surface area contributed by atoms with Crippen LogP contribution in [0.4, 0.5) is 0 Å². The molecule has 2 aliphatic heterocycles. The molecule has 4 atom stereocenters. The highest BCUT2D eigenvalue weighted by Gasteiger charge is 2.55. The average molecular weight is 301 g/mol. The van der Waals surface area contributed by atoms with E-state index < -0.39 is 0 Å². The Kier molecular flexibility index (Phi) is 5.14. The molecule has 2 heterocycles. The van der Waals surface area contributed by atoms with Gasteiger partial charge in [0.1, 0.15) is 0 Å². The SMILES string of the molecule is CCCC(C)(C)C1SC(C(C)(C)CC)C2OCCOC21. The van der Waals surface area contributed by atoms with Crippen LogP contribution in [0.15, 0.2) is 0 Å². The van der Waals surface area contributed by atoms with E-state index in [2.05, 4.69) is 53.3 Å². The van der Waals surface area contributed by atoms with Crippen molar-refractivity contribution < 1.29 is 9.47 Å². The number of rotatable bonds is 5. The van der Waals surface area contributed by atoms with Crippen LogP contribution < -0.4 is 0 Å². The van der Waals surface area contributed by atoms with Crippen molar-refractivity contribution in [1.29, 1.82) is 0 Å². The van der Waals surface area contributed by atoms with E-state index in [9.17, 15) is 0 Å². The van der Waals surface area contributed by atoms with Gasteiger partial charge in [0.15, 0.2) is 0 Å². The molecule has 0 radical (unpaired) electrons. The molecule has 20 heavy (non-hydrogen) atoms. The number of hydrogen-bond acceptors (Lipinski definition) is 3. The summed E-state index contributed by atoms with van der Waals surface area (Å²) in [5.74, 6) is 0. The molecule has 0 aliphatic carbocycles. The molecule has 2 fully saturated rings. The smallest absolute Gasteiger partial charge is 0.0972 e. The Morgan fingerprint density at radius 2 is 1.40 bits per heavy atom. The fourth-order valence-electron chi connectivity index (χ4n) is 3.64. The third-order valence-corrected chi connectivity index (χ3v) is 7.66. The zero-order chi connectivity index (χ0) is 15.0. The van der Waals surface area contributed by atoms with Gasteiger partial charge < -0.3 is 9.47 Å². The Morgan fingerprint density at radius 1 is 0.900 bits per heavy atom. The van der Waals surface area contributed by atoms with Crippen molar-refractivity contribution in [3.8, 4) is 0 Å². The van der Waals surface area contributed by atoms with Crippen molar-refractivity contribution in [3.63, 3.8) is 0 Å². The van der Waals surface area contributed by atoms with Crippen molar-refractivity contribution in [3.05, 3.63) is 0 Å². The highest BCUT2D eigenvalue weighted by Crippen LogP contribution is 2.54. The molecule has 118 valence electrons. The largest absolute Gasteiger partial charge is 0.372 e. The van der Waals surface area contributed by atoms with Gasteiger partial charge >= 0.3 is 0 Å². The van der Waals surface area contributed by atoms with Gasteiger partial charge in [-0.2, -0.15) is 0 Å². The Balaban J connectivity index is 2.23. The van der Waals surface area contributed by atoms with E-state index in [4.69, 9.17) is 9.47 Å². The summed E-state index contributed by atoms with van der Waals surface area (Å²) in [6, 6.07) is 0. The van der Waals surface area contributed by atoms with Gasteiger partial charge in [-0.1, -0.05) is 48.0 Å². The molecule has 0 aromatic carbocycles. The van der Waals surface area contributed by atoms with Crippen LogP contribution in [-0.2, 0) is 9.47 Å². The molecule has 0 spiro atoms. The lowest BCUT2D eigenvalue weighted by molar-refractivity contribution is -0.147. The van der Waals surface area contributed by atoms with Crippen molar-refractivity contribution in [1.82, 2.24) is 0 Å². The maximum atomic E-state index is 6.17. The van der Waals surface area contributed by atoms with Crippen LogP contribution in [0.1, 0.15) is 60.8 Å². The second kappa shape index (κ2) is 6.18. The van der Waals surface area contributed by atoms with Crippen molar-refractivity contribution in [2.75, 3.05) is 13.2 Å². The lowest BCUT2D eigenvalue weighted by atomic mass is 9.77. The van der Waals surface area contributed by atoms with E-state index in [0.717, 1.165) is 13.2 Å². The minimum Gasteiger partial charge on any atom is -0.372 e. The Hall–Kier alpha value is 0.270. The first-order valence-electron chi connectivity index (χ1n) is 8.22. The van der Waals surface area contributed by atoms with Crippen LogP contribution >= 0.6 is 11.8 Å². The molecule has 4 unspecified atom stereocenters. The van der Waals surface area contributed by atoms with Crippen LogP contribution in [0.3, 0.4) is 0 Å². The van der Waals surface area contributed by atoms with E-state index >= 15 is 0 Å². The third-order valence-electron chi connectivity index (χ3n) is 5.26. The fraction of sp³-hybridized carbons (Fsp3) is 1.00. The van der Waals surface area contributed by atoms with Crippen LogP contribution in [0.2, 0.25) is 0 Å². The summed E-state index contributed by atoms with van der Waals surface area (Å²) >= 11 is 2.14. The molecule has 2 aliphatic rings. The molecule has 0 amide bonds. The molecule has 2 nitrogen and oxygen atoms in total. The Bertz CT molecular complexity index is 327. The predicted octanol–water partition coefficient (Wildman–Crippen LogP) is 4.52. The molecule has 2 saturated heterocycles. The summed E-state index contributed by atoms with van der Waals surface area (Å²) in [5, 5.41) is 1.11. The Labute approximate surface area is 129 Å². The van der Waals surface area contributed by atoms with Gasteiger partial charge in [-0.25, -0.2) is 0 Å². The van der Waals surface area contributed by atoms with Gasteiger partial charge in [0.05, 0.1) is 25.4 Å². The first-order chi connectivity index (χ1) is 9.33. The molecule has 0 bridgehead atoms. The van der Waals surface area contributed by atoms with Gasteiger partial charge in [-0.15, -0.1) is 11.8 Å². The quantitative estimate of drug-likeness (QED) is 0.744. The number of thioether (sulfide) groups is 1. The summed E-state index contributed by atoms with van der Waals surface area (Å²) in [7, 11) is 0. The fourth-order valence-corrected chi connectivity index (χ4v) is 5.75. The minimum atomic E-state index is 0.282. The number of ether oxygens (including phenoxy) is 2. The van der Waals surface area contributed by atoms with E-state index in [1.807, 2.05) is 0 Å². The van der Waals surface area contributed by atoms with Gasteiger partial charge in [-0.3, -0.25) is 0 Å². The first kappa shape index (κ1) is 16.6. The zero-order valence-electron chi connectivity index (χ0n) is 14.1. The average Bonchev–Trinajstić information content (AvgIpc) is 2.79. The molecule has 2 rings (SSSR count). The molecule has 3 heteroatoms. The second-order valence-corrected chi connectivity index (χ2v) is 9.02. The first-order valence-corrected chi connectivity index (χ1v) is 9.16. The molecule has 0 aromatic heterocycles. The minimum absolute atomic E-state index is 0.282. The van der Waals surface area contributed by atoms with Crippen LogP contribution in [0, 0.1) is 10.8 Å². The summed E-state index contributed by atoms with van der Waals surface area (Å²) in [5.41, 5.74) is 0.632. The topological polar surface area (TPSA) is 18.5 Å². The third kappa shape index (κ3) is 3.05. The second-order valence-electron chi connectivity index (χ2n) is 7.73. The summed E-state index contributed by atoms with van der Waals surface area (Å²) < 4.78 is 12.3. The highest BCUT2D eigenvalue weighted by molar-refractivity contribution is 8.01. The Morgan fingerprint density at radius 3 is 1.85 bits per heavy atom. The van der Waals surface area contributed by atoms with Gasteiger partial charge in [-0.05, 0) is 23.7 Å². The van der Waals surface area contributed by atoms with Gasteiger partial charge in [0.2, 0.25) is 0 Å². The molecule has 0 saturated carbocycles. The highest BCUT2D eigenvalue weighted by atomic mass is 32.2. The summed E-state index contributed by atoms with van der Waals surface area (Å²) in [6.45, 7) is 15.7. The van der Waals surface area contributed by atoms with E-state index in [0.29, 0.717) is 21.3 Å². The number of hydrogen-bond donors (Lipinski definition) is 0. The van der Waals surface area contributed by atoms with E-state index in [1.54, 1.807) is 0 Å². The lowest BCUT2D eigenvalue weighted by Crippen LogP contribution is -2.48. The molecular weight excluding hydrogens is 268 g/mol. The summed E-state index contributed by atoms with van der Waals surface area (Å²) in [4.78, 5) is 0. The maximum Gasteiger partial charge on any atom is 0.0972 e. The zero-order valence-corrected chi connectivity index (χ0v) is 14.9.